The van der Waals surface area contributed by atoms with Gasteiger partial charge in [-0.2, -0.15) is 0 Å². The molecular weight excluding hydrogens is 300 g/mol. The first-order valence-corrected chi connectivity index (χ1v) is 8.15. The second-order valence-electron chi connectivity index (χ2n) is 6.27. The van der Waals surface area contributed by atoms with E-state index in [0.717, 1.165) is 16.8 Å². The fourth-order valence-corrected chi connectivity index (χ4v) is 2.98. The van der Waals surface area contributed by atoms with Gasteiger partial charge in [0, 0.05) is 29.9 Å². The molecule has 4 rings (SSSR count). The zero-order chi connectivity index (χ0) is 16.5. The minimum atomic E-state index is -0.338. The van der Waals surface area contributed by atoms with Crippen LogP contribution < -0.4 is 0 Å². The number of hydrogen-bond acceptors (Lipinski definition) is 4. The quantitative estimate of drug-likeness (QED) is 0.685. The van der Waals surface area contributed by atoms with Gasteiger partial charge in [0.15, 0.2) is 0 Å². The van der Waals surface area contributed by atoms with Crippen molar-refractivity contribution in [2.75, 3.05) is 7.11 Å². The average Bonchev–Trinajstić information content (AvgIpc) is 3.46. The fraction of sp³-hybridized carbons (Fsp3) is 0.250. The minimum absolute atomic E-state index is 0.338. The van der Waals surface area contributed by atoms with E-state index >= 15 is 0 Å². The van der Waals surface area contributed by atoms with Crippen molar-refractivity contribution in [3.05, 3.63) is 71.2 Å². The van der Waals surface area contributed by atoms with Gasteiger partial charge in [-0.1, -0.05) is 6.07 Å². The molecule has 1 fully saturated rings. The molecule has 2 heterocycles. The van der Waals surface area contributed by atoms with Gasteiger partial charge in [0.25, 0.3) is 0 Å². The van der Waals surface area contributed by atoms with E-state index in [2.05, 4.69) is 28.2 Å². The Bertz CT molecular complexity index is 916. The Balaban J connectivity index is 1.63. The molecule has 4 nitrogen and oxygen atoms in total. The van der Waals surface area contributed by atoms with Gasteiger partial charge in [-0.15, -0.1) is 0 Å². The molecule has 2 aromatic heterocycles. The standard InChI is InChI=1S/C20H18N2O2/c1-24-20(23)15-6-7-21-18(11-15)9-13-2-5-19-16(8-13)10-17(12-22-19)14-3-4-14/h2,5-8,10-12,14H,3-4,9H2,1H3. The van der Waals surface area contributed by atoms with Crippen molar-refractivity contribution in [2.45, 2.75) is 25.2 Å². The summed E-state index contributed by atoms with van der Waals surface area (Å²) in [6.07, 6.45) is 6.87. The summed E-state index contributed by atoms with van der Waals surface area (Å²) < 4.78 is 4.77. The molecule has 24 heavy (non-hydrogen) atoms. The molecule has 1 aliphatic rings. The number of carbonyl (C=O) groups is 1. The van der Waals surface area contributed by atoms with Crippen molar-refractivity contribution < 1.29 is 9.53 Å². The molecule has 0 N–H and O–H groups in total. The number of methoxy groups -OCH3 is 1. The number of esters is 1. The van der Waals surface area contributed by atoms with Crippen LogP contribution in [0.4, 0.5) is 0 Å². The molecule has 120 valence electrons. The van der Waals surface area contributed by atoms with Crippen LogP contribution in [-0.2, 0) is 11.2 Å². The lowest BCUT2D eigenvalue weighted by molar-refractivity contribution is 0.0600. The Kier molecular flexibility index (Phi) is 3.73. The predicted molar refractivity (Wildman–Crippen MR) is 92.1 cm³/mol. The van der Waals surface area contributed by atoms with Gasteiger partial charge >= 0.3 is 5.97 Å². The van der Waals surface area contributed by atoms with Crippen molar-refractivity contribution in [2.24, 2.45) is 0 Å². The molecule has 0 atom stereocenters. The summed E-state index contributed by atoms with van der Waals surface area (Å²) in [6.45, 7) is 0. The van der Waals surface area contributed by atoms with Crippen LogP contribution in [0.2, 0.25) is 0 Å². The largest absolute Gasteiger partial charge is 0.465 e. The molecule has 0 aliphatic heterocycles. The SMILES string of the molecule is COC(=O)c1ccnc(Cc2ccc3ncc(C4CC4)cc3c2)c1. The van der Waals surface area contributed by atoms with Crippen molar-refractivity contribution in [1.29, 1.82) is 0 Å². The molecule has 0 amide bonds. The van der Waals surface area contributed by atoms with Crippen LogP contribution in [0.15, 0.2) is 48.8 Å². The third-order valence-corrected chi connectivity index (χ3v) is 4.44. The number of ether oxygens (including phenoxy) is 1. The van der Waals surface area contributed by atoms with Gasteiger partial charge in [0.05, 0.1) is 18.2 Å². The number of hydrogen-bond donors (Lipinski definition) is 0. The van der Waals surface area contributed by atoms with E-state index in [1.165, 1.54) is 30.9 Å². The number of fused-ring (bicyclic) bond motifs is 1. The summed E-state index contributed by atoms with van der Waals surface area (Å²) in [5.41, 5.74) is 4.89. The molecule has 1 saturated carbocycles. The first-order valence-electron chi connectivity index (χ1n) is 8.15. The summed E-state index contributed by atoms with van der Waals surface area (Å²) in [5.74, 6) is 0.361. The summed E-state index contributed by atoms with van der Waals surface area (Å²) in [7, 11) is 1.39. The average molecular weight is 318 g/mol. The molecule has 1 aliphatic carbocycles. The second kappa shape index (κ2) is 6.04. The zero-order valence-electron chi connectivity index (χ0n) is 13.5. The lowest BCUT2D eigenvalue weighted by Crippen LogP contribution is -2.03. The highest BCUT2D eigenvalue weighted by atomic mass is 16.5. The highest BCUT2D eigenvalue weighted by molar-refractivity contribution is 5.89. The lowest BCUT2D eigenvalue weighted by atomic mass is 10.0. The van der Waals surface area contributed by atoms with Crippen molar-refractivity contribution in [1.82, 2.24) is 9.97 Å². The fourth-order valence-electron chi connectivity index (χ4n) is 2.98. The van der Waals surface area contributed by atoms with Gasteiger partial charge < -0.3 is 4.74 Å². The number of rotatable bonds is 4. The van der Waals surface area contributed by atoms with E-state index in [4.69, 9.17) is 4.74 Å². The Hall–Kier alpha value is -2.75. The first-order chi connectivity index (χ1) is 11.7. The summed E-state index contributed by atoms with van der Waals surface area (Å²) in [5, 5.41) is 1.17. The van der Waals surface area contributed by atoms with Crippen LogP contribution in [0, 0.1) is 0 Å². The van der Waals surface area contributed by atoms with Crippen LogP contribution in [-0.4, -0.2) is 23.0 Å². The summed E-state index contributed by atoms with van der Waals surface area (Å²) >= 11 is 0. The van der Waals surface area contributed by atoms with Crippen LogP contribution >= 0.6 is 0 Å². The van der Waals surface area contributed by atoms with Crippen LogP contribution in [0.3, 0.4) is 0 Å². The van der Waals surface area contributed by atoms with E-state index in [1.807, 2.05) is 12.3 Å². The van der Waals surface area contributed by atoms with Gasteiger partial charge in [-0.25, -0.2) is 4.79 Å². The molecule has 0 unspecified atom stereocenters. The maximum atomic E-state index is 11.6. The molecule has 0 radical (unpaired) electrons. The van der Waals surface area contributed by atoms with Crippen molar-refractivity contribution in [3.8, 4) is 0 Å². The van der Waals surface area contributed by atoms with Crippen molar-refractivity contribution in [3.63, 3.8) is 0 Å². The zero-order valence-corrected chi connectivity index (χ0v) is 13.5. The van der Waals surface area contributed by atoms with E-state index in [1.54, 1.807) is 18.3 Å². The minimum Gasteiger partial charge on any atom is -0.465 e. The van der Waals surface area contributed by atoms with Gasteiger partial charge in [0.2, 0.25) is 0 Å². The highest BCUT2D eigenvalue weighted by Gasteiger charge is 2.23. The number of aromatic nitrogens is 2. The third-order valence-electron chi connectivity index (χ3n) is 4.44. The van der Waals surface area contributed by atoms with E-state index in [9.17, 15) is 4.79 Å². The topological polar surface area (TPSA) is 52.1 Å². The Morgan fingerprint density at radius 2 is 2.04 bits per heavy atom. The first kappa shape index (κ1) is 14.8. The number of benzene rings is 1. The number of nitrogens with zero attached hydrogens (tertiary/aromatic N) is 2. The Morgan fingerprint density at radius 1 is 1.17 bits per heavy atom. The molecular formula is C20H18N2O2. The highest BCUT2D eigenvalue weighted by Crippen LogP contribution is 2.40. The van der Waals surface area contributed by atoms with Crippen LogP contribution in [0.25, 0.3) is 10.9 Å². The molecule has 1 aromatic carbocycles. The third kappa shape index (κ3) is 3.00. The molecule has 4 heteroatoms. The second-order valence-corrected chi connectivity index (χ2v) is 6.27. The van der Waals surface area contributed by atoms with Gasteiger partial charge in [-0.3, -0.25) is 9.97 Å². The van der Waals surface area contributed by atoms with E-state index in [-0.39, 0.29) is 5.97 Å². The maximum Gasteiger partial charge on any atom is 0.337 e. The Morgan fingerprint density at radius 3 is 2.83 bits per heavy atom. The summed E-state index contributed by atoms with van der Waals surface area (Å²) in [6, 6.07) is 12.0. The van der Waals surface area contributed by atoms with Gasteiger partial charge in [-0.05, 0) is 60.2 Å². The Labute approximate surface area is 140 Å². The number of pyridine rings is 2. The monoisotopic (exact) mass is 318 g/mol. The number of carbonyl (C=O) groups excluding carboxylic acids is 1. The molecule has 0 bridgehead atoms. The van der Waals surface area contributed by atoms with Crippen LogP contribution in [0.1, 0.15) is 45.9 Å². The molecule has 3 aromatic rings. The maximum absolute atomic E-state index is 11.6. The van der Waals surface area contributed by atoms with E-state index in [0.29, 0.717) is 17.9 Å². The lowest BCUT2D eigenvalue weighted by Gasteiger charge is -2.06. The summed E-state index contributed by atoms with van der Waals surface area (Å²) in [4.78, 5) is 20.6. The van der Waals surface area contributed by atoms with E-state index < -0.39 is 0 Å². The smallest absolute Gasteiger partial charge is 0.337 e. The molecule has 0 saturated heterocycles. The molecule has 0 spiro atoms. The normalized spacial score (nSPS) is 13.9. The van der Waals surface area contributed by atoms with Gasteiger partial charge in [0.1, 0.15) is 0 Å². The predicted octanol–water partition coefficient (Wildman–Crippen LogP) is 3.88. The van der Waals surface area contributed by atoms with Crippen LogP contribution in [0.5, 0.6) is 0 Å². The van der Waals surface area contributed by atoms with Crippen molar-refractivity contribution >= 4 is 16.9 Å².